The lowest BCUT2D eigenvalue weighted by Gasteiger charge is -2.08. The number of hydrogen-bond donors (Lipinski definition) is 2. The first-order valence-corrected chi connectivity index (χ1v) is 7.85. The van der Waals surface area contributed by atoms with Gasteiger partial charge in [-0.25, -0.2) is 4.39 Å². The van der Waals surface area contributed by atoms with Crippen molar-refractivity contribution in [1.29, 1.82) is 0 Å². The van der Waals surface area contributed by atoms with Crippen LogP contribution < -0.4 is 10.9 Å². The van der Waals surface area contributed by atoms with Crippen LogP contribution in [0.15, 0.2) is 35.3 Å². The Morgan fingerprint density at radius 2 is 1.96 bits per heavy atom. The van der Waals surface area contributed by atoms with E-state index in [1.165, 1.54) is 18.2 Å². The molecule has 1 amide bonds. The minimum absolute atomic E-state index is 0.0286. The predicted molar refractivity (Wildman–Crippen MR) is 86.8 cm³/mol. The van der Waals surface area contributed by atoms with Crippen molar-refractivity contribution in [3.63, 3.8) is 0 Å². The standard InChI is InChI=1S/C15H7ClF4N2O2S/c16-11-8-2-1-7(17)4-10(8)25-12(11)14(24)22-9-3-6(15(18,19)20)5-21-13(9)23/h1-5H,(H,21,23)(H,22,24). The maximum absolute atomic E-state index is 13.2. The molecule has 0 atom stereocenters. The Labute approximate surface area is 146 Å². The van der Waals surface area contributed by atoms with Crippen LogP contribution in [0.2, 0.25) is 5.02 Å². The summed E-state index contributed by atoms with van der Waals surface area (Å²) in [5.74, 6) is -1.39. The number of rotatable bonds is 2. The number of H-pyrrole nitrogens is 1. The Hall–Kier alpha value is -2.39. The third-order valence-corrected chi connectivity index (χ3v) is 4.93. The summed E-state index contributed by atoms with van der Waals surface area (Å²) in [4.78, 5) is 25.8. The third-order valence-electron chi connectivity index (χ3n) is 3.28. The number of aromatic amines is 1. The Balaban J connectivity index is 1.98. The van der Waals surface area contributed by atoms with E-state index in [2.05, 4.69) is 5.32 Å². The van der Waals surface area contributed by atoms with Crippen LogP contribution in [-0.4, -0.2) is 10.9 Å². The molecule has 0 spiro atoms. The number of halogens is 5. The topological polar surface area (TPSA) is 62.0 Å². The van der Waals surface area contributed by atoms with Gasteiger partial charge in [-0.1, -0.05) is 11.6 Å². The number of alkyl halides is 3. The van der Waals surface area contributed by atoms with Crippen LogP contribution in [0.3, 0.4) is 0 Å². The van der Waals surface area contributed by atoms with Crippen LogP contribution >= 0.6 is 22.9 Å². The van der Waals surface area contributed by atoms with E-state index in [4.69, 9.17) is 11.6 Å². The van der Waals surface area contributed by atoms with Gasteiger partial charge >= 0.3 is 6.18 Å². The first-order valence-electron chi connectivity index (χ1n) is 6.65. The summed E-state index contributed by atoms with van der Waals surface area (Å²) < 4.78 is 51.8. The molecule has 2 N–H and O–H groups in total. The molecule has 0 aliphatic rings. The molecule has 0 aliphatic carbocycles. The van der Waals surface area contributed by atoms with E-state index in [0.717, 1.165) is 11.3 Å². The van der Waals surface area contributed by atoms with Gasteiger partial charge in [0.2, 0.25) is 0 Å². The molecule has 0 fully saturated rings. The molecule has 0 saturated heterocycles. The first kappa shape index (κ1) is 17.4. The number of carbonyl (C=O) groups excluding carboxylic acids is 1. The third kappa shape index (κ3) is 3.38. The van der Waals surface area contributed by atoms with Crippen LogP contribution in [0.1, 0.15) is 15.2 Å². The Kier molecular flexibility index (Phi) is 4.29. The molecule has 0 bridgehead atoms. The van der Waals surface area contributed by atoms with Gasteiger partial charge in [0.25, 0.3) is 11.5 Å². The maximum Gasteiger partial charge on any atom is 0.417 e. The fraction of sp³-hybridized carbons (Fsp3) is 0.0667. The zero-order chi connectivity index (χ0) is 18.4. The van der Waals surface area contributed by atoms with E-state index in [1.54, 1.807) is 0 Å². The van der Waals surface area contributed by atoms with Gasteiger partial charge in [-0.3, -0.25) is 9.59 Å². The van der Waals surface area contributed by atoms with E-state index >= 15 is 0 Å². The molecule has 0 aliphatic heterocycles. The molecule has 3 rings (SSSR count). The Morgan fingerprint density at radius 1 is 1.24 bits per heavy atom. The van der Waals surface area contributed by atoms with E-state index in [1.807, 2.05) is 4.98 Å². The van der Waals surface area contributed by atoms with Gasteiger partial charge in [0.05, 0.1) is 10.6 Å². The van der Waals surface area contributed by atoms with E-state index < -0.39 is 34.7 Å². The minimum atomic E-state index is -4.68. The van der Waals surface area contributed by atoms with Crippen molar-refractivity contribution < 1.29 is 22.4 Å². The number of pyridine rings is 1. The maximum atomic E-state index is 13.2. The van der Waals surface area contributed by atoms with E-state index in [0.29, 0.717) is 22.3 Å². The summed E-state index contributed by atoms with van der Waals surface area (Å²) in [5.41, 5.74) is -2.59. The molecule has 2 aromatic heterocycles. The van der Waals surface area contributed by atoms with Crippen molar-refractivity contribution in [2.24, 2.45) is 0 Å². The van der Waals surface area contributed by atoms with E-state index in [-0.39, 0.29) is 9.90 Å². The molecule has 10 heteroatoms. The monoisotopic (exact) mass is 390 g/mol. The zero-order valence-electron chi connectivity index (χ0n) is 12.0. The summed E-state index contributed by atoms with van der Waals surface area (Å²) in [6.07, 6.45) is -4.18. The summed E-state index contributed by atoms with van der Waals surface area (Å²) in [5, 5.41) is 2.56. The number of thiophene rings is 1. The summed E-state index contributed by atoms with van der Waals surface area (Å²) >= 11 is 6.94. The van der Waals surface area contributed by atoms with Crippen molar-refractivity contribution in [3.8, 4) is 0 Å². The van der Waals surface area contributed by atoms with Gasteiger partial charge in [-0.2, -0.15) is 13.2 Å². The number of fused-ring (bicyclic) bond motifs is 1. The molecule has 3 aromatic rings. The van der Waals surface area contributed by atoms with Gasteiger partial charge in [0, 0.05) is 16.3 Å². The molecule has 0 radical (unpaired) electrons. The highest BCUT2D eigenvalue weighted by Crippen LogP contribution is 2.36. The van der Waals surface area contributed by atoms with Crippen molar-refractivity contribution in [2.45, 2.75) is 6.18 Å². The number of anilines is 1. The number of benzene rings is 1. The Bertz CT molecular complexity index is 1040. The van der Waals surface area contributed by atoms with Crippen molar-refractivity contribution in [3.05, 3.63) is 62.1 Å². The van der Waals surface area contributed by atoms with Crippen LogP contribution in [0.5, 0.6) is 0 Å². The number of amides is 1. The van der Waals surface area contributed by atoms with Gasteiger partial charge in [0.15, 0.2) is 0 Å². The molecular formula is C15H7ClF4N2O2S. The van der Waals surface area contributed by atoms with Gasteiger partial charge in [0.1, 0.15) is 16.4 Å². The quantitative estimate of drug-likeness (QED) is 0.625. The highest BCUT2D eigenvalue weighted by atomic mass is 35.5. The lowest BCUT2D eigenvalue weighted by atomic mass is 10.2. The zero-order valence-corrected chi connectivity index (χ0v) is 13.6. The molecule has 0 unspecified atom stereocenters. The average molecular weight is 391 g/mol. The molecule has 2 heterocycles. The lowest BCUT2D eigenvalue weighted by molar-refractivity contribution is -0.137. The second kappa shape index (κ2) is 6.16. The molecular weight excluding hydrogens is 384 g/mol. The largest absolute Gasteiger partial charge is 0.417 e. The van der Waals surface area contributed by atoms with Crippen molar-refractivity contribution in [1.82, 2.24) is 4.98 Å². The summed E-state index contributed by atoms with van der Waals surface area (Å²) in [7, 11) is 0. The minimum Gasteiger partial charge on any atom is -0.327 e. The SMILES string of the molecule is O=C(Nc1cc(C(F)(F)F)c[nH]c1=O)c1sc2cc(F)ccc2c1Cl. The van der Waals surface area contributed by atoms with Crippen LogP contribution in [-0.2, 0) is 6.18 Å². The fourth-order valence-corrected chi connectivity index (χ4v) is 3.54. The second-order valence-corrected chi connectivity index (χ2v) is 6.40. The van der Waals surface area contributed by atoms with Crippen LogP contribution in [0.4, 0.5) is 23.2 Å². The van der Waals surface area contributed by atoms with Crippen LogP contribution in [0, 0.1) is 5.82 Å². The highest BCUT2D eigenvalue weighted by molar-refractivity contribution is 7.21. The summed E-state index contributed by atoms with van der Waals surface area (Å²) in [6, 6.07) is 4.26. The van der Waals surface area contributed by atoms with E-state index in [9.17, 15) is 27.2 Å². The number of nitrogens with one attached hydrogen (secondary N) is 2. The molecule has 130 valence electrons. The van der Waals surface area contributed by atoms with Crippen molar-refractivity contribution in [2.75, 3.05) is 5.32 Å². The smallest absolute Gasteiger partial charge is 0.327 e. The van der Waals surface area contributed by atoms with Gasteiger partial charge in [-0.05, 0) is 24.3 Å². The van der Waals surface area contributed by atoms with Crippen molar-refractivity contribution >= 4 is 44.6 Å². The molecule has 25 heavy (non-hydrogen) atoms. The second-order valence-electron chi connectivity index (χ2n) is 4.97. The van der Waals surface area contributed by atoms with Gasteiger partial charge < -0.3 is 10.3 Å². The highest BCUT2D eigenvalue weighted by Gasteiger charge is 2.31. The molecule has 0 saturated carbocycles. The first-order chi connectivity index (χ1) is 11.7. The molecule has 1 aromatic carbocycles. The Morgan fingerprint density at radius 3 is 2.64 bits per heavy atom. The molecule has 4 nitrogen and oxygen atoms in total. The fourth-order valence-electron chi connectivity index (χ4n) is 2.10. The number of hydrogen-bond acceptors (Lipinski definition) is 3. The summed E-state index contributed by atoms with van der Waals surface area (Å²) in [6.45, 7) is 0. The normalized spacial score (nSPS) is 11.7. The number of aromatic nitrogens is 1. The average Bonchev–Trinajstić information content (AvgIpc) is 2.84. The number of carbonyl (C=O) groups is 1. The van der Waals surface area contributed by atoms with Crippen LogP contribution in [0.25, 0.3) is 10.1 Å². The van der Waals surface area contributed by atoms with Gasteiger partial charge in [-0.15, -0.1) is 11.3 Å². The predicted octanol–water partition coefficient (Wildman–Crippen LogP) is 4.65. The lowest BCUT2D eigenvalue weighted by Crippen LogP contribution is -2.21.